The molecule has 0 unspecified atom stereocenters. The van der Waals surface area contributed by atoms with Gasteiger partial charge < -0.3 is 0 Å². The van der Waals surface area contributed by atoms with Gasteiger partial charge in [-0.3, -0.25) is 0 Å². The van der Waals surface area contributed by atoms with Crippen molar-refractivity contribution in [2.24, 2.45) is 5.41 Å². The van der Waals surface area contributed by atoms with Crippen LogP contribution in [0.15, 0.2) is 0 Å². The largest absolute Gasteiger partial charge is 0.113 e. The summed E-state index contributed by atoms with van der Waals surface area (Å²) < 4.78 is 0. The van der Waals surface area contributed by atoms with Crippen molar-refractivity contribution in [1.29, 1.82) is 0 Å². The van der Waals surface area contributed by atoms with Crippen LogP contribution in [0, 0.1) is 5.41 Å². The predicted molar refractivity (Wildman–Crippen MR) is 54.3 cm³/mol. The maximum absolute atomic E-state index is 2.30. The van der Waals surface area contributed by atoms with E-state index in [0.717, 1.165) is 0 Å². The molecule has 0 aromatic heterocycles. The van der Waals surface area contributed by atoms with Crippen molar-refractivity contribution in [3.05, 3.63) is 0 Å². The maximum atomic E-state index is 2.30. The highest BCUT2D eigenvalue weighted by molar-refractivity contribution is 6.37. The normalized spacial score (nSPS) is 13.3. The van der Waals surface area contributed by atoms with Crippen LogP contribution >= 0.6 is 0 Å². The third kappa shape index (κ3) is 6.46. The number of hydrogen-bond acceptors (Lipinski definition) is 0. The first-order valence-corrected chi connectivity index (χ1v) is 4.57. The zero-order valence-electron chi connectivity index (χ0n) is 8.99. The Kier molecular flexibility index (Phi) is 3.67. The smallest absolute Gasteiger partial charge is 0.0914 e. The summed E-state index contributed by atoms with van der Waals surface area (Å²) in [4.78, 5) is 0. The van der Waals surface area contributed by atoms with Crippen LogP contribution in [0.25, 0.3) is 0 Å². The summed E-state index contributed by atoms with van der Waals surface area (Å²) in [5, 5.41) is 0.424. The van der Waals surface area contributed by atoms with Crippen LogP contribution < -0.4 is 0 Å². The fourth-order valence-corrected chi connectivity index (χ4v) is 0.842. The lowest BCUT2D eigenvalue weighted by Crippen LogP contribution is -2.14. The summed E-state index contributed by atoms with van der Waals surface area (Å²) in [6.07, 6.45) is 2.61. The molecule has 0 aliphatic rings. The van der Waals surface area contributed by atoms with Crippen molar-refractivity contribution in [2.45, 2.75) is 59.6 Å². The van der Waals surface area contributed by atoms with E-state index in [9.17, 15) is 0 Å². The van der Waals surface area contributed by atoms with Crippen molar-refractivity contribution in [3.8, 4) is 0 Å². The van der Waals surface area contributed by atoms with Crippen LogP contribution in [0.3, 0.4) is 0 Å². The first-order chi connectivity index (χ1) is 4.77. The van der Waals surface area contributed by atoms with Gasteiger partial charge in [0, 0.05) is 0 Å². The van der Waals surface area contributed by atoms with Crippen molar-refractivity contribution in [2.75, 3.05) is 0 Å². The third-order valence-corrected chi connectivity index (χ3v) is 2.30. The Hall–Kier alpha value is 0.0649. The van der Waals surface area contributed by atoms with Crippen LogP contribution in [0.5, 0.6) is 0 Å². The van der Waals surface area contributed by atoms with Gasteiger partial charge in [0.05, 0.1) is 0 Å². The Bertz CT molecular complexity index is 109. The molecule has 0 aliphatic heterocycles. The van der Waals surface area contributed by atoms with E-state index >= 15 is 0 Å². The average molecular weight is 153 g/mol. The molecule has 0 aromatic rings. The Morgan fingerprint density at radius 2 is 1.36 bits per heavy atom. The summed E-state index contributed by atoms with van der Waals surface area (Å²) in [5.41, 5.74) is 0.486. The van der Waals surface area contributed by atoms with Gasteiger partial charge in [0.25, 0.3) is 0 Å². The first-order valence-electron chi connectivity index (χ1n) is 4.57. The molecule has 0 heterocycles. The molecule has 0 spiro atoms. The molecule has 0 aromatic carbocycles. The minimum Gasteiger partial charge on any atom is -0.0914 e. The molecule has 0 rings (SSSR count). The molecule has 1 heteroatoms. The summed E-state index contributed by atoms with van der Waals surface area (Å²) >= 11 is 0. The van der Waals surface area contributed by atoms with E-state index in [1.807, 2.05) is 0 Å². The number of hydrogen-bond donors (Lipinski definition) is 0. The molecule has 0 fully saturated rings. The highest BCUT2D eigenvalue weighted by Gasteiger charge is 2.19. The zero-order chi connectivity index (χ0) is 9.12. The molecule has 1 radical (unpaired) electrons. The van der Waals surface area contributed by atoms with Gasteiger partial charge in [0.2, 0.25) is 0 Å². The van der Waals surface area contributed by atoms with E-state index < -0.39 is 0 Å². The molecule has 0 N–H and O–H groups in total. The molecule has 0 bridgehead atoms. The van der Waals surface area contributed by atoms with E-state index in [1.165, 1.54) is 12.8 Å². The van der Waals surface area contributed by atoms with Crippen LogP contribution in [-0.4, -0.2) is 7.28 Å². The molecular formula is C10H22B. The Labute approximate surface area is 73.0 Å². The van der Waals surface area contributed by atoms with Gasteiger partial charge in [-0.1, -0.05) is 53.2 Å². The fraction of sp³-hybridized carbons (Fsp3) is 1.00. The van der Waals surface area contributed by atoms with Crippen LogP contribution in [0.4, 0.5) is 0 Å². The summed E-state index contributed by atoms with van der Waals surface area (Å²) in [5.74, 6) is 0. The second-order valence-electron chi connectivity index (χ2n) is 5.34. The summed E-state index contributed by atoms with van der Waals surface area (Å²) in [7, 11) is 2.30. The van der Waals surface area contributed by atoms with E-state index in [1.54, 1.807) is 0 Å². The van der Waals surface area contributed by atoms with Crippen LogP contribution in [0.2, 0.25) is 12.1 Å². The molecule has 0 nitrogen and oxygen atoms in total. The molecule has 11 heavy (non-hydrogen) atoms. The molecule has 0 atom stereocenters. The van der Waals surface area contributed by atoms with Crippen LogP contribution in [0.1, 0.15) is 47.5 Å². The van der Waals surface area contributed by atoms with Gasteiger partial charge in [-0.15, -0.1) is 0 Å². The van der Waals surface area contributed by atoms with Gasteiger partial charge in [-0.25, -0.2) is 0 Å². The number of rotatable bonds is 3. The van der Waals surface area contributed by atoms with Gasteiger partial charge in [0.15, 0.2) is 0 Å². The van der Waals surface area contributed by atoms with Crippen LogP contribution in [-0.2, 0) is 0 Å². The Balaban J connectivity index is 3.70. The maximum Gasteiger partial charge on any atom is 0.113 e. The molecule has 0 aliphatic carbocycles. The minimum absolute atomic E-state index is 0.424. The fourth-order valence-electron chi connectivity index (χ4n) is 0.842. The topological polar surface area (TPSA) is 0 Å². The highest BCUT2D eigenvalue weighted by atomic mass is 14.2. The predicted octanol–water partition coefficient (Wildman–Crippen LogP) is 3.76. The molecular weight excluding hydrogens is 131 g/mol. The molecule has 0 saturated heterocycles. The van der Waals surface area contributed by atoms with Gasteiger partial charge in [-0.2, -0.15) is 0 Å². The van der Waals surface area contributed by atoms with Crippen molar-refractivity contribution in [1.82, 2.24) is 0 Å². The summed E-state index contributed by atoms with van der Waals surface area (Å²) in [6, 6.07) is 0. The van der Waals surface area contributed by atoms with E-state index in [4.69, 9.17) is 0 Å². The third-order valence-electron chi connectivity index (χ3n) is 2.30. The second-order valence-corrected chi connectivity index (χ2v) is 5.34. The lowest BCUT2D eigenvalue weighted by Gasteiger charge is -2.27. The Morgan fingerprint density at radius 3 is 1.64 bits per heavy atom. The van der Waals surface area contributed by atoms with E-state index in [-0.39, 0.29) is 0 Å². The minimum atomic E-state index is 0.424. The quantitative estimate of drug-likeness (QED) is 0.541. The lowest BCUT2D eigenvalue weighted by molar-refractivity contribution is 0.342. The van der Waals surface area contributed by atoms with Crippen molar-refractivity contribution in [3.63, 3.8) is 0 Å². The Morgan fingerprint density at radius 1 is 0.909 bits per heavy atom. The highest BCUT2D eigenvalue weighted by Crippen LogP contribution is 2.34. The van der Waals surface area contributed by atoms with Gasteiger partial charge in [-0.05, 0) is 11.8 Å². The SMILES string of the molecule is C[B]C(C)(C)CCC(C)(C)C. The van der Waals surface area contributed by atoms with Crippen molar-refractivity contribution < 1.29 is 0 Å². The van der Waals surface area contributed by atoms with Gasteiger partial charge in [0.1, 0.15) is 7.28 Å². The summed E-state index contributed by atoms with van der Waals surface area (Å²) in [6.45, 7) is 13.7. The molecule has 65 valence electrons. The lowest BCUT2D eigenvalue weighted by atomic mass is 9.53. The zero-order valence-corrected chi connectivity index (χ0v) is 8.99. The second kappa shape index (κ2) is 3.64. The standard InChI is InChI=1S/C10H22B/c1-9(2,3)7-8-10(4,5)11-6/h7-8H2,1-6H3. The molecule has 0 saturated carbocycles. The van der Waals surface area contributed by atoms with Crippen molar-refractivity contribution >= 4 is 7.28 Å². The first kappa shape index (κ1) is 11.1. The molecule has 0 amide bonds. The monoisotopic (exact) mass is 153 g/mol. The van der Waals surface area contributed by atoms with E-state index in [0.29, 0.717) is 10.7 Å². The average Bonchev–Trinajstić information content (AvgIpc) is 1.83. The van der Waals surface area contributed by atoms with E-state index in [2.05, 4.69) is 48.7 Å². The van der Waals surface area contributed by atoms with Gasteiger partial charge >= 0.3 is 0 Å².